The SMILES string of the molecule is O=c1[nH]c2ccc(C(F)(F)C3CCNC3)cc2[nH]1. The van der Waals surface area contributed by atoms with Crippen molar-refractivity contribution in [3.8, 4) is 0 Å². The van der Waals surface area contributed by atoms with Crippen molar-refractivity contribution in [3.05, 3.63) is 34.2 Å². The van der Waals surface area contributed by atoms with Crippen LogP contribution < -0.4 is 11.0 Å². The molecule has 0 aliphatic carbocycles. The van der Waals surface area contributed by atoms with Crippen LogP contribution in [0.4, 0.5) is 8.78 Å². The number of nitrogens with one attached hydrogen (secondary N) is 3. The third kappa shape index (κ3) is 1.73. The summed E-state index contributed by atoms with van der Waals surface area (Å²) in [5.74, 6) is -3.55. The minimum absolute atomic E-state index is 0.0426. The molecule has 96 valence electrons. The molecule has 1 aromatic carbocycles. The van der Waals surface area contributed by atoms with Gasteiger partial charge >= 0.3 is 5.69 Å². The van der Waals surface area contributed by atoms with E-state index in [-0.39, 0.29) is 11.3 Å². The summed E-state index contributed by atoms with van der Waals surface area (Å²) in [5, 5.41) is 2.95. The molecule has 6 heteroatoms. The Morgan fingerprint density at radius 2 is 2.00 bits per heavy atom. The van der Waals surface area contributed by atoms with E-state index in [4.69, 9.17) is 0 Å². The van der Waals surface area contributed by atoms with Crippen molar-refractivity contribution in [1.29, 1.82) is 0 Å². The Morgan fingerprint density at radius 3 is 2.72 bits per heavy atom. The molecule has 3 rings (SSSR count). The molecular formula is C12H13F2N3O. The fourth-order valence-corrected chi connectivity index (χ4v) is 2.44. The Bertz CT molecular complexity index is 626. The Balaban J connectivity index is 2.04. The zero-order valence-corrected chi connectivity index (χ0v) is 9.59. The van der Waals surface area contributed by atoms with Crippen LogP contribution >= 0.6 is 0 Å². The van der Waals surface area contributed by atoms with Crippen molar-refractivity contribution in [2.24, 2.45) is 5.92 Å². The summed E-state index contributed by atoms with van der Waals surface area (Å²) in [6, 6.07) is 4.24. The standard InChI is InChI=1S/C12H13F2N3O/c13-12(14,8-3-4-15-6-8)7-1-2-9-10(5-7)17-11(18)16-9/h1-2,5,8,15H,3-4,6H2,(H2,16,17,18). The molecule has 0 amide bonds. The maximum atomic E-state index is 14.3. The van der Waals surface area contributed by atoms with Gasteiger partial charge in [0.2, 0.25) is 0 Å². The molecule has 1 saturated heterocycles. The molecule has 1 atom stereocenters. The van der Waals surface area contributed by atoms with Crippen LogP contribution in [0, 0.1) is 5.92 Å². The molecule has 2 heterocycles. The molecular weight excluding hydrogens is 240 g/mol. The monoisotopic (exact) mass is 253 g/mol. The third-order valence-corrected chi connectivity index (χ3v) is 3.47. The second-order valence-corrected chi connectivity index (χ2v) is 4.65. The van der Waals surface area contributed by atoms with Gasteiger partial charge in [-0.3, -0.25) is 0 Å². The lowest BCUT2D eigenvalue weighted by molar-refractivity contribution is -0.0574. The predicted octanol–water partition coefficient (Wildman–Crippen LogP) is 1.56. The number of halogens is 2. The highest BCUT2D eigenvalue weighted by molar-refractivity contribution is 5.75. The molecule has 0 radical (unpaired) electrons. The van der Waals surface area contributed by atoms with Crippen molar-refractivity contribution in [3.63, 3.8) is 0 Å². The van der Waals surface area contributed by atoms with Crippen molar-refractivity contribution >= 4 is 11.0 Å². The van der Waals surface area contributed by atoms with E-state index in [0.717, 1.165) is 0 Å². The molecule has 0 bridgehead atoms. The molecule has 1 fully saturated rings. The van der Waals surface area contributed by atoms with Gasteiger partial charge in [-0.2, -0.15) is 0 Å². The summed E-state index contributed by atoms with van der Waals surface area (Å²) in [6.07, 6.45) is 0.467. The van der Waals surface area contributed by atoms with E-state index in [9.17, 15) is 13.6 Å². The molecule has 4 nitrogen and oxygen atoms in total. The zero-order chi connectivity index (χ0) is 12.8. The van der Waals surface area contributed by atoms with Crippen LogP contribution in [0.25, 0.3) is 11.0 Å². The normalized spacial score (nSPS) is 20.7. The number of H-pyrrole nitrogens is 2. The number of benzene rings is 1. The maximum absolute atomic E-state index is 14.3. The van der Waals surface area contributed by atoms with E-state index < -0.39 is 11.8 Å². The fourth-order valence-electron chi connectivity index (χ4n) is 2.44. The van der Waals surface area contributed by atoms with Crippen molar-refractivity contribution < 1.29 is 8.78 Å². The second kappa shape index (κ2) is 3.91. The summed E-state index contributed by atoms with van der Waals surface area (Å²) in [5.41, 5.74) is 0.541. The summed E-state index contributed by atoms with van der Waals surface area (Å²) >= 11 is 0. The van der Waals surface area contributed by atoms with Gasteiger partial charge < -0.3 is 15.3 Å². The van der Waals surface area contributed by atoms with Gasteiger partial charge in [0.1, 0.15) is 0 Å². The van der Waals surface area contributed by atoms with E-state index in [1.54, 1.807) is 0 Å². The Labute approximate surface area is 101 Å². The third-order valence-electron chi connectivity index (χ3n) is 3.47. The molecule has 2 aromatic rings. The first-order valence-electron chi connectivity index (χ1n) is 5.88. The fraction of sp³-hybridized carbons (Fsp3) is 0.417. The molecule has 0 saturated carbocycles. The molecule has 0 spiro atoms. The van der Waals surface area contributed by atoms with Crippen molar-refractivity contribution in [2.75, 3.05) is 13.1 Å². The highest BCUT2D eigenvalue weighted by Gasteiger charge is 2.42. The van der Waals surface area contributed by atoms with Gasteiger partial charge in [-0.1, -0.05) is 6.07 Å². The number of rotatable bonds is 2. The Hall–Kier alpha value is -1.69. The van der Waals surface area contributed by atoms with Crippen molar-refractivity contribution in [1.82, 2.24) is 15.3 Å². The lowest BCUT2D eigenvalue weighted by atomic mass is 9.93. The predicted molar refractivity (Wildman–Crippen MR) is 63.8 cm³/mol. The van der Waals surface area contributed by atoms with Gasteiger partial charge in [-0.05, 0) is 25.1 Å². The Kier molecular flexibility index (Phi) is 2.48. The van der Waals surface area contributed by atoms with Crippen molar-refractivity contribution in [2.45, 2.75) is 12.3 Å². The van der Waals surface area contributed by atoms with E-state index in [1.165, 1.54) is 18.2 Å². The zero-order valence-electron chi connectivity index (χ0n) is 9.59. The van der Waals surface area contributed by atoms with E-state index in [0.29, 0.717) is 30.5 Å². The summed E-state index contributed by atoms with van der Waals surface area (Å²) in [4.78, 5) is 16.1. The van der Waals surface area contributed by atoms with Crippen LogP contribution in [-0.2, 0) is 5.92 Å². The minimum atomic E-state index is -2.87. The molecule has 1 aliphatic rings. The molecule has 1 aromatic heterocycles. The highest BCUT2D eigenvalue weighted by Crippen LogP contribution is 2.39. The van der Waals surface area contributed by atoms with Gasteiger partial charge in [0, 0.05) is 18.0 Å². The first-order chi connectivity index (χ1) is 8.57. The number of fused-ring (bicyclic) bond motifs is 1. The van der Waals surface area contributed by atoms with Gasteiger partial charge in [-0.15, -0.1) is 0 Å². The molecule has 3 N–H and O–H groups in total. The van der Waals surface area contributed by atoms with E-state index in [2.05, 4.69) is 15.3 Å². The van der Waals surface area contributed by atoms with Crippen LogP contribution in [0.1, 0.15) is 12.0 Å². The number of aromatic amines is 2. The number of aromatic nitrogens is 2. The average molecular weight is 253 g/mol. The largest absolute Gasteiger partial charge is 0.323 e. The summed E-state index contributed by atoms with van der Waals surface area (Å²) < 4.78 is 28.5. The minimum Gasteiger partial charge on any atom is -0.316 e. The smallest absolute Gasteiger partial charge is 0.316 e. The summed E-state index contributed by atoms with van der Waals surface area (Å²) in [7, 11) is 0. The van der Waals surface area contributed by atoms with Gasteiger partial charge in [-0.25, -0.2) is 13.6 Å². The van der Waals surface area contributed by atoms with E-state index in [1.807, 2.05) is 0 Å². The average Bonchev–Trinajstić information content (AvgIpc) is 2.95. The van der Waals surface area contributed by atoms with Crippen LogP contribution in [0.5, 0.6) is 0 Å². The topological polar surface area (TPSA) is 60.7 Å². The molecule has 1 unspecified atom stereocenters. The first kappa shape index (κ1) is 11.4. The lowest BCUT2D eigenvalue weighted by Crippen LogP contribution is -2.27. The number of hydrogen-bond donors (Lipinski definition) is 3. The lowest BCUT2D eigenvalue weighted by Gasteiger charge is -2.22. The van der Waals surface area contributed by atoms with Crippen LogP contribution in [0.3, 0.4) is 0 Å². The number of imidazole rings is 1. The Morgan fingerprint density at radius 1 is 1.22 bits per heavy atom. The quantitative estimate of drug-likeness (QED) is 0.760. The highest BCUT2D eigenvalue weighted by atomic mass is 19.3. The van der Waals surface area contributed by atoms with E-state index >= 15 is 0 Å². The number of hydrogen-bond acceptors (Lipinski definition) is 2. The first-order valence-corrected chi connectivity index (χ1v) is 5.88. The maximum Gasteiger partial charge on any atom is 0.323 e. The van der Waals surface area contributed by atoms with Gasteiger partial charge in [0.25, 0.3) is 5.92 Å². The summed E-state index contributed by atoms with van der Waals surface area (Å²) in [6.45, 7) is 0.957. The van der Waals surface area contributed by atoms with Crippen LogP contribution in [-0.4, -0.2) is 23.1 Å². The van der Waals surface area contributed by atoms with Crippen LogP contribution in [0.2, 0.25) is 0 Å². The number of alkyl halides is 2. The van der Waals surface area contributed by atoms with Gasteiger partial charge in [0.05, 0.1) is 11.0 Å². The van der Waals surface area contributed by atoms with Crippen LogP contribution in [0.15, 0.2) is 23.0 Å². The molecule has 18 heavy (non-hydrogen) atoms. The van der Waals surface area contributed by atoms with Gasteiger partial charge in [0.15, 0.2) is 0 Å². The second-order valence-electron chi connectivity index (χ2n) is 4.65. The molecule has 1 aliphatic heterocycles.